The smallest absolute Gasteiger partial charge is 0.242 e. The number of carbonyl (C=O) groups is 5. The number of fused-ring (bicyclic) bond motifs is 2. The lowest BCUT2D eigenvalue weighted by atomic mass is 9.99. The summed E-state index contributed by atoms with van der Waals surface area (Å²) in [7, 11) is 0. The van der Waals surface area contributed by atoms with Crippen LogP contribution in [0.25, 0.3) is 0 Å². The van der Waals surface area contributed by atoms with Crippen LogP contribution in [0.2, 0.25) is 0 Å². The van der Waals surface area contributed by atoms with Crippen LogP contribution in [0, 0.1) is 5.92 Å². The van der Waals surface area contributed by atoms with Crippen LogP contribution >= 0.6 is 0 Å². The van der Waals surface area contributed by atoms with Crippen LogP contribution in [0.3, 0.4) is 0 Å². The summed E-state index contributed by atoms with van der Waals surface area (Å²) in [6, 6.07) is -1.84. The van der Waals surface area contributed by atoms with Crippen LogP contribution in [0.5, 0.6) is 0 Å². The van der Waals surface area contributed by atoms with Crippen LogP contribution in [-0.2, 0) is 24.0 Å². The predicted molar refractivity (Wildman–Crippen MR) is 124 cm³/mol. The molecule has 3 aliphatic heterocycles. The van der Waals surface area contributed by atoms with Crippen LogP contribution in [0.4, 0.5) is 0 Å². The van der Waals surface area contributed by atoms with E-state index in [0.717, 1.165) is 6.42 Å². The molecule has 0 radical (unpaired) electrons. The van der Waals surface area contributed by atoms with Gasteiger partial charge in [-0.2, -0.15) is 0 Å². The van der Waals surface area contributed by atoms with Crippen molar-refractivity contribution in [2.45, 2.75) is 83.6 Å². The maximum absolute atomic E-state index is 13.6. The predicted octanol–water partition coefficient (Wildman–Crippen LogP) is -1.28. The maximum atomic E-state index is 13.6. The van der Waals surface area contributed by atoms with Crippen LogP contribution in [0.15, 0.2) is 0 Å². The van der Waals surface area contributed by atoms with E-state index in [2.05, 4.69) is 35.1 Å². The number of rotatable bonds is 3. The lowest BCUT2D eigenvalue weighted by Crippen LogP contribution is -2.59. The van der Waals surface area contributed by atoms with E-state index in [4.69, 9.17) is 0 Å². The molecule has 34 heavy (non-hydrogen) atoms. The molecule has 3 fully saturated rings. The fourth-order valence-corrected chi connectivity index (χ4v) is 4.95. The average molecular weight is 479 g/mol. The Labute approximate surface area is 200 Å². The zero-order valence-corrected chi connectivity index (χ0v) is 20.8. The molecule has 190 valence electrons. The number of hydrogen-bond donors (Lipinski definition) is 4. The highest BCUT2D eigenvalue weighted by Crippen LogP contribution is 2.40. The van der Waals surface area contributed by atoms with E-state index < -0.39 is 35.5 Å². The topological polar surface area (TPSA) is 140 Å². The van der Waals surface area contributed by atoms with Crippen molar-refractivity contribution in [1.82, 2.24) is 31.1 Å². The summed E-state index contributed by atoms with van der Waals surface area (Å²) in [5.41, 5.74) is -0.491. The van der Waals surface area contributed by atoms with Gasteiger partial charge in [0.1, 0.15) is 6.04 Å². The number of nitrogens with zero attached hydrogens (tertiary/aromatic N) is 2. The summed E-state index contributed by atoms with van der Waals surface area (Å²) in [5, 5.41) is 10.7. The SMILES string of the molecule is CC(C)C[C@H]1[C@@H]2[C@H](C(=O)NC(C)(C)C)N3CCC[C@H]3C(=O)NCC(=O)NCC(=O)NCC(=O)N21. The molecular weight excluding hydrogens is 440 g/mol. The molecule has 3 saturated heterocycles. The summed E-state index contributed by atoms with van der Waals surface area (Å²) in [6.45, 7) is 9.57. The average Bonchev–Trinajstić information content (AvgIpc) is 3.17. The molecule has 0 aromatic carbocycles. The van der Waals surface area contributed by atoms with Gasteiger partial charge in [0.2, 0.25) is 29.5 Å². The minimum absolute atomic E-state index is 0.156. The van der Waals surface area contributed by atoms with E-state index in [1.807, 2.05) is 25.7 Å². The normalized spacial score (nSPS) is 29.3. The summed E-state index contributed by atoms with van der Waals surface area (Å²) < 4.78 is 0. The fourth-order valence-electron chi connectivity index (χ4n) is 4.95. The van der Waals surface area contributed by atoms with Crippen molar-refractivity contribution in [3.8, 4) is 0 Å². The second-order valence-electron chi connectivity index (χ2n) is 10.8. The summed E-state index contributed by atoms with van der Waals surface area (Å²) in [5.74, 6) is -1.54. The fraction of sp³-hybridized carbons (Fsp3) is 0.783. The minimum Gasteiger partial charge on any atom is -0.350 e. The van der Waals surface area contributed by atoms with E-state index in [-0.39, 0.29) is 43.4 Å². The third-order valence-corrected chi connectivity index (χ3v) is 6.33. The monoisotopic (exact) mass is 478 g/mol. The van der Waals surface area contributed by atoms with E-state index in [9.17, 15) is 24.0 Å². The van der Waals surface area contributed by atoms with Crippen LogP contribution < -0.4 is 21.3 Å². The molecule has 0 aromatic rings. The molecule has 0 unspecified atom stereocenters. The maximum Gasteiger partial charge on any atom is 0.242 e. The quantitative estimate of drug-likeness (QED) is 0.373. The highest BCUT2D eigenvalue weighted by Gasteiger charge is 2.59. The van der Waals surface area contributed by atoms with Gasteiger partial charge in [0.15, 0.2) is 0 Å². The standard InChI is InChI=1S/C23H38N6O5/c1-13(2)9-15-19-20(22(34)27-23(3,4)5)28-8-6-7-14(28)21(33)26-11-17(31)24-10-16(30)25-12-18(32)29(15)19/h13-15,19-20H,6-12H2,1-5H3,(H,24,31)(H,25,30)(H,26,33)(H,27,34)/t14-,15-,19+,20+,29?/m0/s1. The molecule has 4 atom stereocenters. The molecule has 4 N–H and O–H groups in total. The van der Waals surface area contributed by atoms with Crippen LogP contribution in [-0.4, -0.2) is 95.2 Å². The molecule has 3 heterocycles. The van der Waals surface area contributed by atoms with Crippen molar-refractivity contribution in [3.05, 3.63) is 0 Å². The van der Waals surface area contributed by atoms with Crippen molar-refractivity contribution in [1.29, 1.82) is 0 Å². The Hall–Kier alpha value is -2.69. The first kappa shape index (κ1) is 25.9. The molecule has 0 bridgehead atoms. The first-order chi connectivity index (χ1) is 15.9. The van der Waals surface area contributed by atoms with Gasteiger partial charge in [0.05, 0.1) is 37.8 Å². The van der Waals surface area contributed by atoms with Crippen LogP contribution in [0.1, 0.15) is 53.9 Å². The summed E-state index contributed by atoms with van der Waals surface area (Å²) in [6.07, 6.45) is 2.00. The van der Waals surface area contributed by atoms with Gasteiger partial charge in [-0.05, 0) is 52.5 Å². The highest BCUT2D eigenvalue weighted by molar-refractivity contribution is 5.93. The van der Waals surface area contributed by atoms with Crippen molar-refractivity contribution in [3.63, 3.8) is 0 Å². The number of nitrogens with one attached hydrogen (secondary N) is 4. The Balaban J connectivity index is 1.96. The van der Waals surface area contributed by atoms with Gasteiger partial charge < -0.3 is 26.2 Å². The summed E-state index contributed by atoms with van der Waals surface area (Å²) >= 11 is 0. The van der Waals surface area contributed by atoms with Gasteiger partial charge in [0, 0.05) is 5.54 Å². The second-order valence-corrected chi connectivity index (χ2v) is 10.8. The van der Waals surface area contributed by atoms with Gasteiger partial charge in [-0.25, -0.2) is 0 Å². The summed E-state index contributed by atoms with van der Waals surface area (Å²) in [4.78, 5) is 67.4. The lowest BCUT2D eigenvalue weighted by Gasteiger charge is -2.34. The molecule has 0 aliphatic carbocycles. The van der Waals surface area contributed by atoms with Gasteiger partial charge in [-0.1, -0.05) is 13.8 Å². The Morgan fingerprint density at radius 2 is 1.65 bits per heavy atom. The highest BCUT2D eigenvalue weighted by atomic mass is 16.2. The minimum atomic E-state index is -0.708. The molecule has 0 saturated carbocycles. The van der Waals surface area contributed by atoms with Crippen molar-refractivity contribution in [2.24, 2.45) is 5.92 Å². The molecule has 0 spiro atoms. The number of carbonyl (C=O) groups excluding carboxylic acids is 5. The van der Waals surface area contributed by atoms with Gasteiger partial charge in [-0.15, -0.1) is 0 Å². The van der Waals surface area contributed by atoms with E-state index in [1.54, 1.807) is 4.90 Å². The Bertz CT molecular complexity index is 838. The number of amides is 5. The van der Waals surface area contributed by atoms with Crippen molar-refractivity contribution in [2.75, 3.05) is 26.2 Å². The molecule has 5 amide bonds. The zero-order chi connectivity index (χ0) is 25.2. The molecule has 11 heteroatoms. The lowest BCUT2D eigenvalue weighted by molar-refractivity contribution is -0.134. The van der Waals surface area contributed by atoms with Gasteiger partial charge in [0.25, 0.3) is 0 Å². The van der Waals surface area contributed by atoms with Gasteiger partial charge in [-0.3, -0.25) is 28.9 Å². The van der Waals surface area contributed by atoms with E-state index >= 15 is 0 Å². The Kier molecular flexibility index (Phi) is 7.84. The molecule has 11 nitrogen and oxygen atoms in total. The third-order valence-electron chi connectivity index (χ3n) is 6.33. The Morgan fingerprint density at radius 3 is 2.26 bits per heavy atom. The van der Waals surface area contributed by atoms with E-state index in [0.29, 0.717) is 25.3 Å². The molecule has 3 aliphatic rings. The third kappa shape index (κ3) is 6.25. The van der Waals surface area contributed by atoms with E-state index in [1.165, 1.54) is 0 Å². The molecule has 3 rings (SSSR count). The molecule has 0 aromatic heterocycles. The second kappa shape index (κ2) is 10.3. The zero-order valence-electron chi connectivity index (χ0n) is 20.8. The van der Waals surface area contributed by atoms with Crippen molar-refractivity contribution < 1.29 is 24.0 Å². The van der Waals surface area contributed by atoms with Crippen molar-refractivity contribution >= 4 is 29.5 Å². The first-order valence-electron chi connectivity index (χ1n) is 12.1. The largest absolute Gasteiger partial charge is 0.350 e. The molecular formula is C23H38N6O5. The number of hydrogen-bond acceptors (Lipinski definition) is 6. The Morgan fingerprint density at radius 1 is 1.03 bits per heavy atom. The first-order valence-corrected chi connectivity index (χ1v) is 12.1. The van der Waals surface area contributed by atoms with Gasteiger partial charge >= 0.3 is 0 Å².